The summed E-state index contributed by atoms with van der Waals surface area (Å²) in [5.41, 5.74) is 4.12. The molecule has 0 fully saturated rings. The third-order valence-corrected chi connectivity index (χ3v) is 3.68. The highest BCUT2D eigenvalue weighted by Gasteiger charge is 2.15. The van der Waals surface area contributed by atoms with E-state index in [0.29, 0.717) is 10.6 Å². The molecule has 0 N–H and O–H groups in total. The number of benzene rings is 2. The van der Waals surface area contributed by atoms with E-state index in [2.05, 4.69) is 6.07 Å². The summed E-state index contributed by atoms with van der Waals surface area (Å²) in [6.45, 7) is 0. The number of carbonyl (C=O) groups is 1. The summed E-state index contributed by atoms with van der Waals surface area (Å²) in [6, 6.07) is 13.2. The highest BCUT2D eigenvalue weighted by molar-refractivity contribution is 6.31. The molecule has 2 aromatic rings. The van der Waals surface area contributed by atoms with Crippen LogP contribution in [0.25, 0.3) is 0 Å². The van der Waals surface area contributed by atoms with Crippen molar-refractivity contribution in [1.29, 1.82) is 0 Å². The minimum absolute atomic E-state index is 0.0483. The van der Waals surface area contributed by atoms with Gasteiger partial charge in [-0.15, -0.1) is 0 Å². The average Bonchev–Trinajstić information content (AvgIpc) is 2.85. The van der Waals surface area contributed by atoms with E-state index in [9.17, 15) is 4.79 Å². The SMILES string of the molecule is O=C(c1cccc(Cl)c1)c1ccc2c(c1)CCC2. The van der Waals surface area contributed by atoms with E-state index in [4.69, 9.17) is 11.6 Å². The first-order valence-corrected chi connectivity index (χ1v) is 6.54. The van der Waals surface area contributed by atoms with Gasteiger partial charge in [0.25, 0.3) is 0 Å². The van der Waals surface area contributed by atoms with Crippen molar-refractivity contribution in [3.05, 3.63) is 69.7 Å². The Morgan fingerprint density at radius 3 is 2.56 bits per heavy atom. The zero-order chi connectivity index (χ0) is 12.5. The van der Waals surface area contributed by atoms with Crippen molar-refractivity contribution in [1.82, 2.24) is 0 Å². The second-order valence-electron chi connectivity index (χ2n) is 4.68. The van der Waals surface area contributed by atoms with Crippen LogP contribution >= 0.6 is 11.6 Å². The third-order valence-electron chi connectivity index (χ3n) is 3.45. The van der Waals surface area contributed by atoms with Crippen molar-refractivity contribution in [2.24, 2.45) is 0 Å². The summed E-state index contributed by atoms with van der Waals surface area (Å²) in [4.78, 5) is 12.3. The number of aryl methyl sites for hydroxylation is 2. The fourth-order valence-corrected chi connectivity index (χ4v) is 2.70. The molecule has 2 aromatic carbocycles. The van der Waals surface area contributed by atoms with E-state index in [0.717, 1.165) is 18.4 Å². The highest BCUT2D eigenvalue weighted by atomic mass is 35.5. The van der Waals surface area contributed by atoms with E-state index >= 15 is 0 Å². The van der Waals surface area contributed by atoms with Crippen LogP contribution in [0, 0.1) is 0 Å². The summed E-state index contributed by atoms with van der Waals surface area (Å²) in [5.74, 6) is 0.0483. The molecule has 0 amide bonds. The van der Waals surface area contributed by atoms with Gasteiger partial charge in [-0.3, -0.25) is 4.79 Å². The Morgan fingerprint density at radius 1 is 0.944 bits per heavy atom. The van der Waals surface area contributed by atoms with Crippen molar-refractivity contribution in [2.45, 2.75) is 19.3 Å². The first kappa shape index (κ1) is 11.5. The largest absolute Gasteiger partial charge is 0.289 e. The van der Waals surface area contributed by atoms with E-state index in [-0.39, 0.29) is 5.78 Å². The van der Waals surface area contributed by atoms with Crippen molar-refractivity contribution in [3.8, 4) is 0 Å². The van der Waals surface area contributed by atoms with Gasteiger partial charge in [-0.25, -0.2) is 0 Å². The molecule has 1 nitrogen and oxygen atoms in total. The van der Waals surface area contributed by atoms with Gasteiger partial charge in [0.1, 0.15) is 0 Å². The quantitative estimate of drug-likeness (QED) is 0.741. The lowest BCUT2D eigenvalue weighted by Gasteiger charge is -2.05. The summed E-state index contributed by atoms with van der Waals surface area (Å²) in [5, 5.41) is 0.599. The molecule has 0 aliphatic heterocycles. The molecule has 0 aromatic heterocycles. The molecular weight excluding hydrogens is 244 g/mol. The van der Waals surface area contributed by atoms with Gasteiger partial charge in [-0.05, 0) is 48.6 Å². The zero-order valence-electron chi connectivity index (χ0n) is 9.95. The van der Waals surface area contributed by atoms with Gasteiger partial charge in [0.15, 0.2) is 5.78 Å². The Kier molecular flexibility index (Phi) is 2.92. The van der Waals surface area contributed by atoms with E-state index < -0.39 is 0 Å². The fraction of sp³-hybridized carbons (Fsp3) is 0.188. The van der Waals surface area contributed by atoms with Crippen molar-refractivity contribution < 1.29 is 4.79 Å². The Bertz CT molecular complexity index is 616. The lowest BCUT2D eigenvalue weighted by Crippen LogP contribution is -2.02. The number of hydrogen-bond acceptors (Lipinski definition) is 1. The Morgan fingerprint density at radius 2 is 1.72 bits per heavy atom. The fourth-order valence-electron chi connectivity index (χ4n) is 2.51. The number of fused-ring (bicyclic) bond motifs is 1. The van der Waals surface area contributed by atoms with Crippen LogP contribution in [0.1, 0.15) is 33.5 Å². The lowest BCUT2D eigenvalue weighted by molar-refractivity contribution is 0.103. The predicted molar refractivity (Wildman–Crippen MR) is 73.4 cm³/mol. The van der Waals surface area contributed by atoms with E-state index in [1.165, 1.54) is 17.5 Å². The second-order valence-corrected chi connectivity index (χ2v) is 5.11. The standard InChI is InChI=1S/C16H13ClO/c17-15-6-2-5-13(10-15)16(18)14-8-7-11-3-1-4-12(11)9-14/h2,5-10H,1,3-4H2. The van der Waals surface area contributed by atoms with Gasteiger partial charge in [-0.1, -0.05) is 35.9 Å². The number of hydrogen-bond donors (Lipinski definition) is 0. The molecule has 0 unspecified atom stereocenters. The maximum Gasteiger partial charge on any atom is 0.193 e. The summed E-state index contributed by atoms with van der Waals surface area (Å²) in [7, 11) is 0. The molecule has 1 aliphatic rings. The van der Waals surface area contributed by atoms with Gasteiger partial charge in [0.2, 0.25) is 0 Å². The van der Waals surface area contributed by atoms with Crippen molar-refractivity contribution in [3.63, 3.8) is 0 Å². The van der Waals surface area contributed by atoms with E-state index in [1.54, 1.807) is 18.2 Å². The molecule has 3 rings (SSSR count). The summed E-state index contributed by atoms with van der Waals surface area (Å²) in [6.07, 6.45) is 3.43. The Balaban J connectivity index is 1.98. The third kappa shape index (κ3) is 2.06. The average molecular weight is 257 g/mol. The molecule has 90 valence electrons. The minimum atomic E-state index is 0.0483. The van der Waals surface area contributed by atoms with Crippen molar-refractivity contribution in [2.75, 3.05) is 0 Å². The molecule has 2 heteroatoms. The monoisotopic (exact) mass is 256 g/mol. The van der Waals surface area contributed by atoms with Gasteiger partial charge in [0, 0.05) is 16.1 Å². The van der Waals surface area contributed by atoms with Crippen LogP contribution in [-0.4, -0.2) is 5.78 Å². The minimum Gasteiger partial charge on any atom is -0.289 e. The normalized spacial score (nSPS) is 13.4. The maximum absolute atomic E-state index is 12.3. The molecule has 0 radical (unpaired) electrons. The number of halogens is 1. The van der Waals surface area contributed by atoms with Crippen molar-refractivity contribution >= 4 is 17.4 Å². The smallest absolute Gasteiger partial charge is 0.193 e. The van der Waals surface area contributed by atoms with Crippen LogP contribution in [0.5, 0.6) is 0 Å². The lowest BCUT2D eigenvalue weighted by atomic mass is 9.99. The van der Waals surface area contributed by atoms with Gasteiger partial charge >= 0.3 is 0 Å². The summed E-state index contributed by atoms with van der Waals surface area (Å²) >= 11 is 5.92. The van der Waals surface area contributed by atoms with Crippen LogP contribution in [0.3, 0.4) is 0 Å². The Labute approximate surface area is 111 Å². The maximum atomic E-state index is 12.3. The topological polar surface area (TPSA) is 17.1 Å². The number of carbonyl (C=O) groups excluding carboxylic acids is 1. The van der Waals surface area contributed by atoms with Gasteiger partial charge in [0.05, 0.1) is 0 Å². The molecule has 0 atom stereocenters. The van der Waals surface area contributed by atoms with E-state index in [1.807, 2.05) is 18.2 Å². The highest BCUT2D eigenvalue weighted by Crippen LogP contribution is 2.24. The molecule has 0 bridgehead atoms. The van der Waals surface area contributed by atoms with Gasteiger partial charge in [-0.2, -0.15) is 0 Å². The molecule has 18 heavy (non-hydrogen) atoms. The number of rotatable bonds is 2. The summed E-state index contributed by atoms with van der Waals surface area (Å²) < 4.78 is 0. The van der Waals surface area contributed by atoms with Crippen LogP contribution in [0.4, 0.5) is 0 Å². The van der Waals surface area contributed by atoms with Crippen LogP contribution in [-0.2, 0) is 12.8 Å². The van der Waals surface area contributed by atoms with Crippen LogP contribution < -0.4 is 0 Å². The first-order valence-electron chi connectivity index (χ1n) is 6.16. The predicted octanol–water partition coefficient (Wildman–Crippen LogP) is 4.06. The number of ketones is 1. The molecule has 0 spiro atoms. The second kappa shape index (κ2) is 4.58. The molecule has 0 saturated heterocycles. The van der Waals surface area contributed by atoms with Crippen LogP contribution in [0.15, 0.2) is 42.5 Å². The molecule has 1 aliphatic carbocycles. The Hall–Kier alpha value is -1.60. The van der Waals surface area contributed by atoms with Crippen LogP contribution in [0.2, 0.25) is 5.02 Å². The molecule has 0 heterocycles. The first-order chi connectivity index (χ1) is 8.74. The molecular formula is C16H13ClO. The van der Waals surface area contributed by atoms with Gasteiger partial charge < -0.3 is 0 Å². The zero-order valence-corrected chi connectivity index (χ0v) is 10.7. The molecule has 0 saturated carbocycles.